The molecule has 0 spiro atoms. The molecule has 0 aliphatic carbocycles. The molecule has 1 heterocycles. The maximum absolute atomic E-state index is 5.83. The van der Waals surface area contributed by atoms with Gasteiger partial charge in [-0.15, -0.1) is 0 Å². The van der Waals surface area contributed by atoms with Crippen LogP contribution >= 0.6 is 0 Å². The van der Waals surface area contributed by atoms with Crippen LogP contribution in [-0.2, 0) is 19.4 Å². The van der Waals surface area contributed by atoms with Crippen LogP contribution < -0.4 is 5.73 Å². The second-order valence-corrected chi connectivity index (χ2v) is 5.37. The first-order valence-electron chi connectivity index (χ1n) is 7.56. The number of benzene rings is 2. The van der Waals surface area contributed by atoms with Crippen LogP contribution in [0.3, 0.4) is 0 Å². The Morgan fingerprint density at radius 2 is 1.95 bits per heavy atom. The van der Waals surface area contributed by atoms with E-state index in [1.807, 2.05) is 18.2 Å². The standard InChI is InChI=1S/C18H21N3/c1-2-18-20-16-10-3-4-11-17(16)21(18)12-6-8-14-7-5-9-15(19)13-14/h3-5,7,9-11,13H,2,6,8,12,19H2,1H3. The van der Waals surface area contributed by atoms with Gasteiger partial charge in [-0.25, -0.2) is 4.98 Å². The third-order valence-electron chi connectivity index (χ3n) is 3.85. The number of hydrogen-bond donors (Lipinski definition) is 1. The smallest absolute Gasteiger partial charge is 0.109 e. The van der Waals surface area contributed by atoms with Crippen LogP contribution in [0.25, 0.3) is 11.0 Å². The Balaban J connectivity index is 1.75. The molecule has 21 heavy (non-hydrogen) atoms. The highest BCUT2D eigenvalue weighted by molar-refractivity contribution is 5.75. The third-order valence-corrected chi connectivity index (χ3v) is 3.85. The molecule has 0 saturated carbocycles. The highest BCUT2D eigenvalue weighted by atomic mass is 15.1. The van der Waals surface area contributed by atoms with Crippen molar-refractivity contribution in [2.75, 3.05) is 5.73 Å². The molecule has 0 fully saturated rings. The fourth-order valence-electron chi connectivity index (χ4n) is 2.83. The summed E-state index contributed by atoms with van der Waals surface area (Å²) < 4.78 is 2.35. The van der Waals surface area contributed by atoms with Crippen molar-refractivity contribution in [3.05, 3.63) is 59.9 Å². The zero-order chi connectivity index (χ0) is 14.7. The van der Waals surface area contributed by atoms with Gasteiger partial charge in [0.15, 0.2) is 0 Å². The summed E-state index contributed by atoms with van der Waals surface area (Å²) >= 11 is 0. The van der Waals surface area contributed by atoms with Crippen molar-refractivity contribution in [2.45, 2.75) is 32.7 Å². The van der Waals surface area contributed by atoms with E-state index in [0.29, 0.717) is 0 Å². The van der Waals surface area contributed by atoms with E-state index in [0.717, 1.165) is 37.0 Å². The number of aryl methyl sites for hydroxylation is 3. The van der Waals surface area contributed by atoms with Crippen LogP contribution in [-0.4, -0.2) is 9.55 Å². The average Bonchev–Trinajstić information content (AvgIpc) is 2.86. The topological polar surface area (TPSA) is 43.8 Å². The molecule has 0 unspecified atom stereocenters. The minimum Gasteiger partial charge on any atom is -0.399 e. The molecule has 0 atom stereocenters. The van der Waals surface area contributed by atoms with Crippen molar-refractivity contribution < 1.29 is 0 Å². The number of anilines is 1. The molecule has 108 valence electrons. The van der Waals surface area contributed by atoms with Crippen molar-refractivity contribution in [2.24, 2.45) is 0 Å². The summed E-state index contributed by atoms with van der Waals surface area (Å²) in [6.07, 6.45) is 3.10. The minimum atomic E-state index is 0.842. The van der Waals surface area contributed by atoms with E-state index < -0.39 is 0 Å². The number of imidazole rings is 1. The Morgan fingerprint density at radius 3 is 2.76 bits per heavy atom. The van der Waals surface area contributed by atoms with Crippen molar-refractivity contribution in [3.8, 4) is 0 Å². The summed E-state index contributed by atoms with van der Waals surface area (Å²) in [6, 6.07) is 16.5. The van der Waals surface area contributed by atoms with E-state index in [1.54, 1.807) is 0 Å². The maximum atomic E-state index is 5.83. The lowest BCUT2D eigenvalue weighted by atomic mass is 10.1. The Bertz CT molecular complexity index is 743. The van der Waals surface area contributed by atoms with Gasteiger partial charge in [0.25, 0.3) is 0 Å². The van der Waals surface area contributed by atoms with Crippen LogP contribution in [0.15, 0.2) is 48.5 Å². The Hall–Kier alpha value is -2.29. The molecular formula is C18H21N3. The Labute approximate surface area is 125 Å². The lowest BCUT2D eigenvalue weighted by Gasteiger charge is -2.08. The molecule has 0 aliphatic heterocycles. The molecule has 0 amide bonds. The SMILES string of the molecule is CCc1nc2ccccc2n1CCCc1cccc(N)c1. The van der Waals surface area contributed by atoms with E-state index in [4.69, 9.17) is 10.7 Å². The summed E-state index contributed by atoms with van der Waals surface area (Å²) in [4.78, 5) is 4.71. The first kappa shape index (κ1) is 13.7. The molecule has 3 aromatic rings. The van der Waals surface area contributed by atoms with Crippen molar-refractivity contribution in [1.29, 1.82) is 0 Å². The first-order valence-corrected chi connectivity index (χ1v) is 7.56. The van der Waals surface area contributed by atoms with E-state index in [1.165, 1.54) is 16.9 Å². The molecule has 1 aromatic heterocycles. The molecule has 0 aliphatic rings. The van der Waals surface area contributed by atoms with Gasteiger partial charge in [0.05, 0.1) is 11.0 Å². The highest BCUT2D eigenvalue weighted by Crippen LogP contribution is 2.18. The van der Waals surface area contributed by atoms with Gasteiger partial charge in [0.1, 0.15) is 5.82 Å². The number of fused-ring (bicyclic) bond motifs is 1. The minimum absolute atomic E-state index is 0.842. The van der Waals surface area contributed by atoms with Crippen LogP contribution in [0.5, 0.6) is 0 Å². The molecule has 3 heteroatoms. The number of nitrogens with two attached hydrogens (primary N) is 1. The van der Waals surface area contributed by atoms with Gasteiger partial charge in [-0.05, 0) is 42.7 Å². The van der Waals surface area contributed by atoms with E-state index >= 15 is 0 Å². The number of hydrogen-bond acceptors (Lipinski definition) is 2. The van der Waals surface area contributed by atoms with Crippen molar-refractivity contribution in [3.63, 3.8) is 0 Å². The summed E-state index contributed by atoms with van der Waals surface area (Å²) in [5.74, 6) is 1.17. The predicted molar refractivity (Wildman–Crippen MR) is 88.3 cm³/mol. The third kappa shape index (κ3) is 2.92. The van der Waals surface area contributed by atoms with Crippen LogP contribution in [0, 0.1) is 0 Å². The van der Waals surface area contributed by atoms with Gasteiger partial charge in [-0.2, -0.15) is 0 Å². The van der Waals surface area contributed by atoms with Crippen molar-refractivity contribution >= 4 is 16.7 Å². The number of rotatable bonds is 5. The fourth-order valence-corrected chi connectivity index (χ4v) is 2.83. The zero-order valence-electron chi connectivity index (χ0n) is 12.4. The average molecular weight is 279 g/mol. The molecular weight excluding hydrogens is 258 g/mol. The molecule has 3 rings (SSSR count). The van der Waals surface area contributed by atoms with Gasteiger partial charge in [-0.3, -0.25) is 0 Å². The quantitative estimate of drug-likeness (QED) is 0.722. The Morgan fingerprint density at radius 1 is 1.10 bits per heavy atom. The van der Waals surface area contributed by atoms with Gasteiger partial charge in [0, 0.05) is 18.7 Å². The highest BCUT2D eigenvalue weighted by Gasteiger charge is 2.08. The van der Waals surface area contributed by atoms with E-state index in [2.05, 4.69) is 41.8 Å². The van der Waals surface area contributed by atoms with Crippen LogP contribution in [0.4, 0.5) is 5.69 Å². The number of nitrogen functional groups attached to an aromatic ring is 1. The normalized spacial score (nSPS) is 11.1. The maximum Gasteiger partial charge on any atom is 0.109 e. The molecule has 2 aromatic carbocycles. The van der Waals surface area contributed by atoms with Gasteiger partial charge < -0.3 is 10.3 Å². The molecule has 0 bridgehead atoms. The lowest BCUT2D eigenvalue weighted by molar-refractivity contribution is 0.629. The zero-order valence-corrected chi connectivity index (χ0v) is 12.4. The van der Waals surface area contributed by atoms with Gasteiger partial charge in [0.2, 0.25) is 0 Å². The fraction of sp³-hybridized carbons (Fsp3) is 0.278. The first-order chi connectivity index (χ1) is 10.3. The Kier molecular flexibility index (Phi) is 3.91. The second kappa shape index (κ2) is 6.00. The summed E-state index contributed by atoms with van der Waals surface area (Å²) in [6.45, 7) is 3.16. The summed E-state index contributed by atoms with van der Waals surface area (Å²) in [5.41, 5.74) is 10.3. The largest absolute Gasteiger partial charge is 0.399 e. The summed E-state index contributed by atoms with van der Waals surface area (Å²) in [5, 5.41) is 0. The molecule has 3 nitrogen and oxygen atoms in total. The summed E-state index contributed by atoms with van der Waals surface area (Å²) in [7, 11) is 0. The van der Waals surface area contributed by atoms with Gasteiger partial charge >= 0.3 is 0 Å². The second-order valence-electron chi connectivity index (χ2n) is 5.37. The molecule has 0 radical (unpaired) electrons. The molecule has 0 saturated heterocycles. The predicted octanol–water partition coefficient (Wildman–Crippen LogP) is 3.81. The number of nitrogens with zero attached hydrogens (tertiary/aromatic N) is 2. The van der Waals surface area contributed by atoms with Crippen molar-refractivity contribution in [1.82, 2.24) is 9.55 Å². The van der Waals surface area contributed by atoms with E-state index in [9.17, 15) is 0 Å². The van der Waals surface area contributed by atoms with Crippen LogP contribution in [0.2, 0.25) is 0 Å². The van der Waals surface area contributed by atoms with Gasteiger partial charge in [-0.1, -0.05) is 31.2 Å². The number of aromatic nitrogens is 2. The number of para-hydroxylation sites is 2. The lowest BCUT2D eigenvalue weighted by Crippen LogP contribution is -2.04. The molecule has 2 N–H and O–H groups in total. The van der Waals surface area contributed by atoms with Crippen LogP contribution in [0.1, 0.15) is 24.7 Å². The monoisotopic (exact) mass is 279 g/mol. The van der Waals surface area contributed by atoms with E-state index in [-0.39, 0.29) is 0 Å².